The van der Waals surface area contributed by atoms with Gasteiger partial charge in [-0.2, -0.15) is 0 Å². The van der Waals surface area contributed by atoms with E-state index in [1.165, 1.54) is 7.11 Å². The molecule has 0 bridgehead atoms. The highest BCUT2D eigenvalue weighted by Crippen LogP contribution is 2.27. The van der Waals surface area contributed by atoms with Gasteiger partial charge in [-0.15, -0.1) is 0 Å². The molecular formula is C15H13Cl2NO3. The fraction of sp³-hybridized carbons (Fsp3) is 0.133. The molecule has 2 aromatic rings. The van der Waals surface area contributed by atoms with Crippen LogP contribution in [0.15, 0.2) is 42.5 Å². The molecule has 0 aliphatic heterocycles. The van der Waals surface area contributed by atoms with Crippen molar-refractivity contribution >= 4 is 34.8 Å². The van der Waals surface area contributed by atoms with Crippen LogP contribution in [0.3, 0.4) is 0 Å². The highest BCUT2D eigenvalue weighted by molar-refractivity contribution is 6.32. The molecule has 21 heavy (non-hydrogen) atoms. The summed E-state index contributed by atoms with van der Waals surface area (Å²) in [5.41, 5.74) is 0.570. The quantitative estimate of drug-likeness (QED) is 0.903. The minimum absolute atomic E-state index is 0.121. The second-order valence-electron chi connectivity index (χ2n) is 4.14. The van der Waals surface area contributed by atoms with Gasteiger partial charge >= 0.3 is 0 Å². The third kappa shape index (κ3) is 4.55. The molecule has 2 rings (SSSR count). The van der Waals surface area contributed by atoms with Crippen LogP contribution in [-0.4, -0.2) is 19.6 Å². The molecule has 0 aliphatic rings. The fourth-order valence-corrected chi connectivity index (χ4v) is 2.08. The maximum Gasteiger partial charge on any atom is 0.262 e. The number of amides is 1. The standard InChI is InChI=1S/C15H13Cl2NO3/c1-20-14-6-5-11(8-13(14)17)18-15(19)9-21-12-4-2-3-10(16)7-12/h2-8H,9H2,1H3,(H,18,19). The van der Waals surface area contributed by atoms with E-state index in [1.54, 1.807) is 42.5 Å². The molecule has 0 heterocycles. The lowest BCUT2D eigenvalue weighted by Crippen LogP contribution is -2.20. The van der Waals surface area contributed by atoms with E-state index in [-0.39, 0.29) is 12.5 Å². The van der Waals surface area contributed by atoms with Gasteiger partial charge in [0.1, 0.15) is 11.5 Å². The van der Waals surface area contributed by atoms with E-state index < -0.39 is 0 Å². The Balaban J connectivity index is 1.91. The first-order valence-corrected chi connectivity index (χ1v) is 6.86. The largest absolute Gasteiger partial charge is 0.495 e. The Kier molecular flexibility index (Phi) is 5.31. The fourth-order valence-electron chi connectivity index (χ4n) is 1.65. The maximum atomic E-state index is 11.8. The van der Waals surface area contributed by atoms with Crippen molar-refractivity contribution in [3.8, 4) is 11.5 Å². The molecule has 0 aromatic heterocycles. The van der Waals surface area contributed by atoms with Gasteiger partial charge in [0, 0.05) is 10.7 Å². The van der Waals surface area contributed by atoms with Gasteiger partial charge in [-0.05, 0) is 36.4 Å². The molecule has 1 N–H and O–H groups in total. The number of carbonyl (C=O) groups is 1. The van der Waals surface area contributed by atoms with E-state index in [2.05, 4.69) is 5.32 Å². The third-order valence-corrected chi connectivity index (χ3v) is 3.13. The Hall–Kier alpha value is -1.91. The number of benzene rings is 2. The summed E-state index contributed by atoms with van der Waals surface area (Å²) in [6.45, 7) is -0.121. The first-order chi connectivity index (χ1) is 10.1. The molecule has 0 radical (unpaired) electrons. The minimum Gasteiger partial charge on any atom is -0.495 e. The van der Waals surface area contributed by atoms with Gasteiger partial charge in [-0.3, -0.25) is 4.79 Å². The molecule has 0 unspecified atom stereocenters. The third-order valence-electron chi connectivity index (χ3n) is 2.60. The zero-order valence-corrected chi connectivity index (χ0v) is 12.7. The summed E-state index contributed by atoms with van der Waals surface area (Å²) in [4.78, 5) is 11.8. The van der Waals surface area contributed by atoms with E-state index in [0.29, 0.717) is 27.2 Å². The van der Waals surface area contributed by atoms with Crippen molar-refractivity contribution in [1.29, 1.82) is 0 Å². The molecule has 0 fully saturated rings. The van der Waals surface area contributed by atoms with E-state index >= 15 is 0 Å². The Labute approximate surface area is 132 Å². The van der Waals surface area contributed by atoms with Crippen LogP contribution in [-0.2, 0) is 4.79 Å². The number of ether oxygens (including phenoxy) is 2. The van der Waals surface area contributed by atoms with Gasteiger partial charge in [0.05, 0.1) is 12.1 Å². The van der Waals surface area contributed by atoms with Crippen molar-refractivity contribution in [3.05, 3.63) is 52.5 Å². The molecule has 0 saturated carbocycles. The number of hydrogen-bond acceptors (Lipinski definition) is 3. The predicted octanol–water partition coefficient (Wildman–Crippen LogP) is 4.02. The average molecular weight is 326 g/mol. The van der Waals surface area contributed by atoms with E-state index in [1.807, 2.05) is 0 Å². The van der Waals surface area contributed by atoms with Gasteiger partial charge in [0.25, 0.3) is 5.91 Å². The lowest BCUT2D eigenvalue weighted by atomic mass is 10.3. The summed E-state index contributed by atoms with van der Waals surface area (Å²) in [5.74, 6) is 0.784. The lowest BCUT2D eigenvalue weighted by Gasteiger charge is -2.09. The van der Waals surface area contributed by atoms with Crippen LogP contribution in [0.4, 0.5) is 5.69 Å². The Bertz CT molecular complexity index is 647. The number of methoxy groups -OCH3 is 1. The first kappa shape index (κ1) is 15.5. The summed E-state index contributed by atoms with van der Waals surface area (Å²) in [5, 5.41) is 3.66. The molecule has 110 valence electrons. The molecular weight excluding hydrogens is 313 g/mol. The van der Waals surface area contributed by atoms with Gasteiger partial charge in [-0.25, -0.2) is 0 Å². The van der Waals surface area contributed by atoms with Crippen LogP contribution in [0.5, 0.6) is 11.5 Å². The monoisotopic (exact) mass is 325 g/mol. The van der Waals surface area contributed by atoms with Crippen LogP contribution in [0, 0.1) is 0 Å². The van der Waals surface area contributed by atoms with Gasteiger partial charge in [-0.1, -0.05) is 29.3 Å². The van der Waals surface area contributed by atoms with Crippen molar-refractivity contribution in [3.63, 3.8) is 0 Å². The van der Waals surface area contributed by atoms with Gasteiger partial charge < -0.3 is 14.8 Å². The van der Waals surface area contributed by atoms with Crippen molar-refractivity contribution in [1.82, 2.24) is 0 Å². The van der Waals surface area contributed by atoms with Crippen LogP contribution in [0.25, 0.3) is 0 Å². The predicted molar refractivity (Wildman–Crippen MR) is 83.6 cm³/mol. The molecule has 2 aromatic carbocycles. The van der Waals surface area contributed by atoms with Crippen LogP contribution >= 0.6 is 23.2 Å². The zero-order valence-electron chi connectivity index (χ0n) is 11.2. The zero-order chi connectivity index (χ0) is 15.2. The molecule has 6 heteroatoms. The normalized spacial score (nSPS) is 10.0. The summed E-state index contributed by atoms with van der Waals surface area (Å²) >= 11 is 11.8. The molecule has 0 saturated heterocycles. The number of anilines is 1. The van der Waals surface area contributed by atoms with Gasteiger partial charge in [0.15, 0.2) is 6.61 Å². The van der Waals surface area contributed by atoms with E-state index in [9.17, 15) is 4.79 Å². The smallest absolute Gasteiger partial charge is 0.262 e. The van der Waals surface area contributed by atoms with Gasteiger partial charge in [0.2, 0.25) is 0 Å². The molecule has 0 atom stereocenters. The first-order valence-electron chi connectivity index (χ1n) is 6.10. The van der Waals surface area contributed by atoms with Crippen molar-refractivity contribution in [2.75, 3.05) is 19.0 Å². The number of nitrogens with one attached hydrogen (secondary N) is 1. The van der Waals surface area contributed by atoms with Crippen molar-refractivity contribution < 1.29 is 14.3 Å². The SMILES string of the molecule is COc1ccc(NC(=O)COc2cccc(Cl)c2)cc1Cl. The lowest BCUT2D eigenvalue weighted by molar-refractivity contribution is -0.118. The maximum absolute atomic E-state index is 11.8. The summed E-state index contributed by atoms with van der Waals surface area (Å²) in [7, 11) is 1.53. The Morgan fingerprint density at radius 3 is 2.67 bits per heavy atom. The number of hydrogen-bond donors (Lipinski definition) is 1. The average Bonchev–Trinajstić information content (AvgIpc) is 2.45. The Morgan fingerprint density at radius 2 is 2.00 bits per heavy atom. The summed E-state index contributed by atoms with van der Waals surface area (Å²) in [6.07, 6.45) is 0. The summed E-state index contributed by atoms with van der Waals surface area (Å²) in [6, 6.07) is 11.8. The molecule has 4 nitrogen and oxygen atoms in total. The van der Waals surface area contributed by atoms with Crippen LogP contribution in [0.2, 0.25) is 10.0 Å². The highest BCUT2D eigenvalue weighted by atomic mass is 35.5. The number of carbonyl (C=O) groups excluding carboxylic acids is 1. The number of halogens is 2. The number of rotatable bonds is 5. The van der Waals surface area contributed by atoms with E-state index in [0.717, 1.165) is 0 Å². The molecule has 0 aliphatic carbocycles. The Morgan fingerprint density at radius 1 is 1.19 bits per heavy atom. The highest BCUT2D eigenvalue weighted by Gasteiger charge is 2.06. The minimum atomic E-state index is -0.295. The summed E-state index contributed by atoms with van der Waals surface area (Å²) < 4.78 is 10.4. The van der Waals surface area contributed by atoms with Crippen LogP contribution < -0.4 is 14.8 Å². The van der Waals surface area contributed by atoms with Crippen molar-refractivity contribution in [2.45, 2.75) is 0 Å². The van der Waals surface area contributed by atoms with Crippen molar-refractivity contribution in [2.24, 2.45) is 0 Å². The topological polar surface area (TPSA) is 47.6 Å². The van der Waals surface area contributed by atoms with Crippen LogP contribution in [0.1, 0.15) is 0 Å². The molecule has 0 spiro atoms. The molecule has 1 amide bonds. The van der Waals surface area contributed by atoms with E-state index in [4.69, 9.17) is 32.7 Å². The second kappa shape index (κ2) is 7.20. The second-order valence-corrected chi connectivity index (χ2v) is 4.99.